The number of methoxy groups -OCH3 is 1. The highest BCUT2D eigenvalue weighted by atomic mass is 16.5. The molecule has 22 heavy (non-hydrogen) atoms. The van der Waals surface area contributed by atoms with E-state index in [0.29, 0.717) is 29.0 Å². The first-order chi connectivity index (χ1) is 10.6. The summed E-state index contributed by atoms with van der Waals surface area (Å²) in [5.74, 6) is 0.250. The van der Waals surface area contributed by atoms with Crippen molar-refractivity contribution in [2.24, 2.45) is 5.73 Å². The van der Waals surface area contributed by atoms with E-state index in [0.717, 1.165) is 19.3 Å². The van der Waals surface area contributed by atoms with Crippen LogP contribution in [0.4, 0.5) is 0 Å². The zero-order chi connectivity index (χ0) is 16.1. The maximum Gasteiger partial charge on any atom is 0.261 e. The van der Waals surface area contributed by atoms with Crippen LogP contribution in [-0.2, 0) is 0 Å². The number of nitrogens with one attached hydrogen (secondary N) is 1. The van der Waals surface area contributed by atoms with Crippen molar-refractivity contribution in [3.63, 3.8) is 0 Å². The van der Waals surface area contributed by atoms with Crippen molar-refractivity contribution in [2.75, 3.05) is 13.7 Å². The average molecular weight is 304 g/mol. The molecule has 1 heterocycles. The van der Waals surface area contributed by atoms with Gasteiger partial charge in [0.2, 0.25) is 0 Å². The Morgan fingerprint density at radius 2 is 2.09 bits per heavy atom. The van der Waals surface area contributed by atoms with Crippen molar-refractivity contribution < 1.29 is 14.3 Å². The smallest absolute Gasteiger partial charge is 0.261 e. The molecule has 6 nitrogen and oxygen atoms in total. The van der Waals surface area contributed by atoms with E-state index in [4.69, 9.17) is 15.2 Å². The fourth-order valence-electron chi connectivity index (χ4n) is 2.24. The summed E-state index contributed by atoms with van der Waals surface area (Å²) in [5, 5.41) is 0.666. The van der Waals surface area contributed by atoms with Gasteiger partial charge in [0.05, 0.1) is 19.2 Å². The molecule has 0 unspecified atom stereocenters. The van der Waals surface area contributed by atoms with E-state index >= 15 is 0 Å². The number of fused-ring (bicyclic) bond motifs is 1. The second-order valence-corrected chi connectivity index (χ2v) is 4.99. The zero-order valence-electron chi connectivity index (χ0n) is 12.8. The Bertz CT molecular complexity index is 737. The number of hydrogen-bond donors (Lipinski definition) is 2. The van der Waals surface area contributed by atoms with Crippen LogP contribution in [0.1, 0.15) is 36.5 Å². The van der Waals surface area contributed by atoms with Crippen LogP contribution in [0.5, 0.6) is 11.5 Å². The Morgan fingerprint density at radius 3 is 2.73 bits per heavy atom. The third-order valence-corrected chi connectivity index (χ3v) is 3.42. The summed E-state index contributed by atoms with van der Waals surface area (Å²) in [5.41, 5.74) is 5.09. The summed E-state index contributed by atoms with van der Waals surface area (Å²) in [7, 11) is 1.54. The van der Waals surface area contributed by atoms with Gasteiger partial charge in [0.15, 0.2) is 11.5 Å². The van der Waals surface area contributed by atoms with E-state index in [1.54, 1.807) is 12.1 Å². The molecule has 0 atom stereocenters. The molecular weight excluding hydrogens is 284 g/mol. The van der Waals surface area contributed by atoms with Crippen LogP contribution in [0.25, 0.3) is 10.9 Å². The van der Waals surface area contributed by atoms with Crippen molar-refractivity contribution in [2.45, 2.75) is 26.2 Å². The number of hydrogen-bond acceptors (Lipinski definition) is 4. The molecule has 0 bridgehead atoms. The topological polar surface area (TPSA) is 94.4 Å². The quantitative estimate of drug-likeness (QED) is 0.767. The molecule has 1 aromatic carbocycles. The van der Waals surface area contributed by atoms with Gasteiger partial charge in [0.25, 0.3) is 11.5 Å². The number of rotatable bonds is 7. The largest absolute Gasteiger partial charge is 0.493 e. The van der Waals surface area contributed by atoms with Crippen LogP contribution in [0.2, 0.25) is 0 Å². The van der Waals surface area contributed by atoms with E-state index in [-0.39, 0.29) is 5.56 Å². The molecule has 3 N–H and O–H groups in total. The molecule has 0 aliphatic carbocycles. The number of ether oxygens (including phenoxy) is 2. The van der Waals surface area contributed by atoms with E-state index in [9.17, 15) is 9.59 Å². The second-order valence-electron chi connectivity index (χ2n) is 4.99. The SMILES string of the molecule is CCCCCOc1c(OC)ccc2cc(C(N)=O)c(=O)[nH]c12. The molecule has 118 valence electrons. The first-order valence-electron chi connectivity index (χ1n) is 7.25. The van der Waals surface area contributed by atoms with E-state index in [1.165, 1.54) is 13.2 Å². The highest BCUT2D eigenvalue weighted by Crippen LogP contribution is 2.34. The molecule has 2 rings (SSSR count). The number of unbranched alkanes of at least 4 members (excludes halogenated alkanes) is 2. The van der Waals surface area contributed by atoms with Crippen molar-refractivity contribution in [3.8, 4) is 11.5 Å². The minimum Gasteiger partial charge on any atom is -0.493 e. The number of amides is 1. The van der Waals surface area contributed by atoms with Gasteiger partial charge in [-0.2, -0.15) is 0 Å². The lowest BCUT2D eigenvalue weighted by atomic mass is 10.1. The summed E-state index contributed by atoms with van der Waals surface area (Å²) < 4.78 is 11.1. The maximum absolute atomic E-state index is 12.0. The van der Waals surface area contributed by atoms with Gasteiger partial charge in [-0.1, -0.05) is 19.8 Å². The van der Waals surface area contributed by atoms with Gasteiger partial charge in [-0.05, 0) is 24.6 Å². The van der Waals surface area contributed by atoms with Crippen molar-refractivity contribution in [1.82, 2.24) is 4.98 Å². The Hall–Kier alpha value is -2.50. The number of H-pyrrole nitrogens is 1. The van der Waals surface area contributed by atoms with Gasteiger partial charge in [0, 0.05) is 5.39 Å². The predicted molar refractivity (Wildman–Crippen MR) is 84.7 cm³/mol. The first kappa shape index (κ1) is 15.9. The van der Waals surface area contributed by atoms with Gasteiger partial charge in [-0.25, -0.2) is 0 Å². The van der Waals surface area contributed by atoms with Crippen LogP contribution < -0.4 is 20.8 Å². The number of pyridine rings is 1. The summed E-state index contributed by atoms with van der Waals surface area (Å²) in [6, 6.07) is 4.95. The van der Waals surface area contributed by atoms with Crippen LogP contribution in [-0.4, -0.2) is 24.6 Å². The molecule has 2 aromatic rings. The number of carbonyl (C=O) groups excluding carboxylic acids is 1. The van der Waals surface area contributed by atoms with Gasteiger partial charge in [0.1, 0.15) is 5.56 Å². The van der Waals surface area contributed by atoms with Crippen LogP contribution in [0.3, 0.4) is 0 Å². The molecule has 1 amide bonds. The molecule has 0 aliphatic heterocycles. The van der Waals surface area contributed by atoms with E-state index in [1.807, 2.05) is 0 Å². The molecule has 0 fully saturated rings. The minimum absolute atomic E-state index is 0.0744. The summed E-state index contributed by atoms with van der Waals surface area (Å²) >= 11 is 0. The molecule has 6 heteroatoms. The van der Waals surface area contributed by atoms with Gasteiger partial charge < -0.3 is 20.2 Å². The van der Waals surface area contributed by atoms with Crippen molar-refractivity contribution >= 4 is 16.8 Å². The highest BCUT2D eigenvalue weighted by molar-refractivity contribution is 5.97. The number of nitrogens with two attached hydrogens (primary N) is 1. The van der Waals surface area contributed by atoms with Crippen molar-refractivity contribution in [1.29, 1.82) is 0 Å². The van der Waals surface area contributed by atoms with Crippen LogP contribution >= 0.6 is 0 Å². The summed E-state index contributed by atoms with van der Waals surface area (Å²) in [6.07, 6.45) is 3.07. The lowest BCUT2D eigenvalue weighted by Crippen LogP contribution is -2.23. The molecule has 0 aliphatic rings. The molecular formula is C16H20N2O4. The molecule has 0 radical (unpaired) electrons. The third-order valence-electron chi connectivity index (χ3n) is 3.42. The highest BCUT2D eigenvalue weighted by Gasteiger charge is 2.14. The Morgan fingerprint density at radius 1 is 1.32 bits per heavy atom. The molecule has 0 spiro atoms. The molecule has 0 saturated heterocycles. The van der Waals surface area contributed by atoms with E-state index < -0.39 is 11.5 Å². The van der Waals surface area contributed by atoms with Crippen LogP contribution in [0, 0.1) is 0 Å². The summed E-state index contributed by atoms with van der Waals surface area (Å²) in [6.45, 7) is 2.64. The van der Waals surface area contributed by atoms with Gasteiger partial charge in [-0.15, -0.1) is 0 Å². The minimum atomic E-state index is -0.760. The monoisotopic (exact) mass is 304 g/mol. The van der Waals surface area contributed by atoms with Crippen molar-refractivity contribution in [3.05, 3.63) is 34.1 Å². The number of aromatic amines is 1. The Balaban J connectivity index is 2.48. The first-order valence-corrected chi connectivity index (χ1v) is 7.25. The fraction of sp³-hybridized carbons (Fsp3) is 0.375. The molecule has 0 saturated carbocycles. The lowest BCUT2D eigenvalue weighted by molar-refractivity contribution is 0.0999. The Kier molecular flexibility index (Phi) is 5.04. The molecule has 1 aromatic heterocycles. The normalized spacial score (nSPS) is 10.6. The summed E-state index contributed by atoms with van der Waals surface area (Å²) in [4.78, 5) is 25.9. The zero-order valence-corrected chi connectivity index (χ0v) is 12.8. The lowest BCUT2D eigenvalue weighted by Gasteiger charge is -2.13. The average Bonchev–Trinajstić information content (AvgIpc) is 2.50. The van der Waals surface area contributed by atoms with Gasteiger partial charge in [-0.3, -0.25) is 9.59 Å². The Labute approximate surface area is 128 Å². The van der Waals surface area contributed by atoms with E-state index in [2.05, 4.69) is 11.9 Å². The number of benzene rings is 1. The predicted octanol–water partition coefficient (Wildman–Crippen LogP) is 2.20. The van der Waals surface area contributed by atoms with Gasteiger partial charge >= 0.3 is 0 Å². The third kappa shape index (κ3) is 3.21. The number of aromatic nitrogens is 1. The van der Waals surface area contributed by atoms with Crippen LogP contribution in [0.15, 0.2) is 23.0 Å². The second kappa shape index (κ2) is 6.98. The fourth-order valence-corrected chi connectivity index (χ4v) is 2.24. The number of carbonyl (C=O) groups is 1. The number of primary amides is 1. The maximum atomic E-state index is 12.0. The standard InChI is InChI=1S/C16H20N2O4/c1-3-4-5-8-22-14-12(21-2)7-6-10-9-11(15(17)19)16(20)18-13(10)14/h6-7,9H,3-5,8H2,1-2H3,(H2,17,19)(H,18,20).